The van der Waals surface area contributed by atoms with Gasteiger partial charge in [-0.1, -0.05) is 12.1 Å². The summed E-state index contributed by atoms with van der Waals surface area (Å²) < 4.78 is 40.1. The second-order valence-electron chi connectivity index (χ2n) is 11.4. The molecule has 0 spiro atoms. The molecule has 2 aromatic heterocycles. The first-order valence-corrected chi connectivity index (χ1v) is 14.0. The third-order valence-electron chi connectivity index (χ3n) is 8.37. The Kier molecular flexibility index (Phi) is 7.24. The normalized spacial score (nSPS) is 23.5. The van der Waals surface area contributed by atoms with Gasteiger partial charge in [0.2, 0.25) is 5.95 Å². The number of aromatic nitrogens is 3. The third kappa shape index (κ3) is 6.05. The number of hydrogen-bond donors (Lipinski definition) is 2. The van der Waals surface area contributed by atoms with E-state index in [9.17, 15) is 23.1 Å². The summed E-state index contributed by atoms with van der Waals surface area (Å²) in [7, 11) is 0. The molecule has 3 fully saturated rings. The van der Waals surface area contributed by atoms with Gasteiger partial charge in [0.1, 0.15) is 5.65 Å². The van der Waals surface area contributed by atoms with Crippen molar-refractivity contribution in [3.05, 3.63) is 40.3 Å². The summed E-state index contributed by atoms with van der Waals surface area (Å²) >= 11 is 0. The minimum absolute atomic E-state index is 0.0515. The van der Waals surface area contributed by atoms with Gasteiger partial charge < -0.3 is 10.4 Å². The Bertz CT molecular complexity index is 1390. The number of alkyl halides is 3. The summed E-state index contributed by atoms with van der Waals surface area (Å²) in [5.74, 6) is 1.19. The van der Waals surface area contributed by atoms with Crippen molar-refractivity contribution in [1.29, 1.82) is 0 Å². The van der Waals surface area contributed by atoms with Gasteiger partial charge in [0, 0.05) is 62.3 Å². The lowest BCUT2D eigenvalue weighted by Gasteiger charge is -2.35. The van der Waals surface area contributed by atoms with Crippen LogP contribution < -0.4 is 10.9 Å². The van der Waals surface area contributed by atoms with Crippen molar-refractivity contribution >= 4 is 27.8 Å². The highest BCUT2D eigenvalue weighted by atomic mass is 19.4. The average molecular weight is 545 g/mol. The van der Waals surface area contributed by atoms with Crippen LogP contribution in [0.1, 0.15) is 50.1 Å². The number of anilines is 1. The molecule has 0 unspecified atom stereocenters. The van der Waals surface area contributed by atoms with Crippen LogP contribution in [0.25, 0.3) is 21.8 Å². The first kappa shape index (κ1) is 26.5. The third-order valence-corrected chi connectivity index (χ3v) is 8.37. The fourth-order valence-corrected chi connectivity index (χ4v) is 5.99. The second-order valence-corrected chi connectivity index (χ2v) is 11.4. The minimum Gasteiger partial charge on any atom is -0.393 e. The summed E-state index contributed by atoms with van der Waals surface area (Å²) in [6.45, 7) is 2.35. The first-order chi connectivity index (χ1) is 18.7. The van der Waals surface area contributed by atoms with E-state index in [0.29, 0.717) is 81.3 Å². The van der Waals surface area contributed by atoms with Crippen molar-refractivity contribution in [2.75, 3.05) is 44.6 Å². The maximum Gasteiger partial charge on any atom is 0.401 e. The molecule has 2 saturated carbocycles. The van der Waals surface area contributed by atoms with Crippen LogP contribution in [0.15, 0.2) is 29.2 Å². The summed E-state index contributed by atoms with van der Waals surface area (Å²) in [6, 6.07) is 5.81. The number of nitrogens with one attached hydrogen (secondary N) is 1. The maximum atomic E-state index is 14.0. The fourth-order valence-electron chi connectivity index (χ4n) is 5.99. The van der Waals surface area contributed by atoms with Gasteiger partial charge in [0.15, 0.2) is 0 Å². The zero-order valence-corrected chi connectivity index (χ0v) is 22.0. The Labute approximate surface area is 224 Å². The van der Waals surface area contributed by atoms with Crippen molar-refractivity contribution in [3.8, 4) is 0 Å². The molecular weight excluding hydrogens is 509 g/mol. The molecule has 3 heterocycles. The van der Waals surface area contributed by atoms with Crippen molar-refractivity contribution in [2.24, 2.45) is 5.92 Å². The minimum atomic E-state index is -4.18. The van der Waals surface area contributed by atoms with Crippen molar-refractivity contribution in [3.63, 3.8) is 0 Å². The molecule has 1 aromatic carbocycles. The summed E-state index contributed by atoms with van der Waals surface area (Å²) in [4.78, 5) is 27.0. The van der Waals surface area contributed by atoms with Crippen LogP contribution in [0.4, 0.5) is 19.1 Å². The molecule has 0 radical (unpaired) electrons. The lowest BCUT2D eigenvalue weighted by atomic mass is 9.92. The van der Waals surface area contributed by atoms with Crippen LogP contribution in [-0.4, -0.2) is 81.0 Å². The molecule has 2 N–H and O–H groups in total. The van der Waals surface area contributed by atoms with Crippen LogP contribution in [0.5, 0.6) is 0 Å². The molecule has 0 atom stereocenters. The summed E-state index contributed by atoms with van der Waals surface area (Å²) in [5, 5.41) is 15.6. The molecule has 2 aliphatic carbocycles. The van der Waals surface area contributed by atoms with Gasteiger partial charge in [-0.2, -0.15) is 18.2 Å². The van der Waals surface area contributed by atoms with E-state index in [-0.39, 0.29) is 17.7 Å². The standard InChI is InChI=1S/C28H35F3N6O2/c29-28(30,31)17-36-11-9-35(10-12-36)16-19-3-8-22-23(13-19)26(39)37(20-4-6-21(38)7-5-20)25-24(22)15-33-27(34-25)32-14-18-1-2-18/h3,8,13,15,18,20-21,38H,1-2,4-7,9-12,14,16-17H2,(H,32,33,34)/t20-,21-. The highest BCUT2D eigenvalue weighted by Gasteiger charge is 2.32. The van der Waals surface area contributed by atoms with E-state index in [1.807, 2.05) is 22.8 Å². The summed E-state index contributed by atoms with van der Waals surface area (Å²) in [6.07, 6.45) is 2.42. The Morgan fingerprint density at radius 1 is 0.949 bits per heavy atom. The van der Waals surface area contributed by atoms with Crippen LogP contribution >= 0.6 is 0 Å². The number of rotatable bonds is 7. The van der Waals surface area contributed by atoms with Crippen molar-refractivity contribution < 1.29 is 18.3 Å². The van der Waals surface area contributed by atoms with Crippen LogP contribution in [0.2, 0.25) is 0 Å². The van der Waals surface area contributed by atoms with Gasteiger partial charge >= 0.3 is 6.18 Å². The number of benzene rings is 1. The van der Waals surface area contributed by atoms with Gasteiger partial charge in [-0.05, 0) is 61.5 Å². The Balaban J connectivity index is 1.31. The topological polar surface area (TPSA) is 86.5 Å². The molecule has 8 nitrogen and oxygen atoms in total. The van der Waals surface area contributed by atoms with E-state index in [0.717, 1.165) is 22.9 Å². The number of pyridine rings is 1. The predicted octanol–water partition coefficient (Wildman–Crippen LogP) is 3.92. The molecule has 3 aromatic rings. The quantitative estimate of drug-likeness (QED) is 0.436. The molecule has 3 aliphatic rings. The highest BCUT2D eigenvalue weighted by Crippen LogP contribution is 2.33. The van der Waals surface area contributed by atoms with Crippen molar-refractivity contribution in [1.82, 2.24) is 24.3 Å². The van der Waals surface area contributed by atoms with E-state index in [1.54, 1.807) is 6.20 Å². The maximum absolute atomic E-state index is 14.0. The lowest BCUT2D eigenvalue weighted by molar-refractivity contribution is -0.149. The van der Waals surface area contributed by atoms with Gasteiger partial charge in [-0.15, -0.1) is 0 Å². The zero-order valence-electron chi connectivity index (χ0n) is 22.0. The molecule has 210 valence electrons. The smallest absolute Gasteiger partial charge is 0.393 e. The van der Waals surface area contributed by atoms with E-state index in [2.05, 4.69) is 15.2 Å². The van der Waals surface area contributed by atoms with Gasteiger partial charge in [-0.25, -0.2) is 4.98 Å². The van der Waals surface area contributed by atoms with Gasteiger partial charge in [0.25, 0.3) is 5.56 Å². The molecule has 1 aliphatic heterocycles. The van der Waals surface area contributed by atoms with Crippen LogP contribution in [-0.2, 0) is 6.54 Å². The molecule has 0 amide bonds. The largest absolute Gasteiger partial charge is 0.401 e. The molecule has 39 heavy (non-hydrogen) atoms. The molecule has 6 rings (SSSR count). The lowest BCUT2D eigenvalue weighted by Crippen LogP contribution is -2.48. The van der Waals surface area contributed by atoms with E-state index >= 15 is 0 Å². The summed E-state index contributed by atoms with van der Waals surface area (Å²) in [5.41, 5.74) is 1.48. The number of piperazine rings is 1. The van der Waals surface area contributed by atoms with Crippen LogP contribution in [0, 0.1) is 5.92 Å². The Hall–Kier alpha value is -2.76. The Morgan fingerprint density at radius 3 is 2.36 bits per heavy atom. The highest BCUT2D eigenvalue weighted by molar-refractivity contribution is 6.04. The van der Waals surface area contributed by atoms with E-state index < -0.39 is 12.7 Å². The molecular formula is C28H35F3N6O2. The SMILES string of the molecule is O=c1c2cc(CN3CCN(CC(F)(F)F)CC3)ccc2c2cnc(NCC3CC3)nc2n1[C@H]1CC[C@H](O)CC1. The van der Waals surface area contributed by atoms with E-state index in [1.165, 1.54) is 17.7 Å². The second kappa shape index (κ2) is 10.7. The first-order valence-electron chi connectivity index (χ1n) is 14.0. The number of hydrogen-bond acceptors (Lipinski definition) is 7. The number of aliphatic hydroxyl groups excluding tert-OH is 1. The Morgan fingerprint density at radius 2 is 1.67 bits per heavy atom. The average Bonchev–Trinajstić information content (AvgIpc) is 3.74. The number of fused-ring (bicyclic) bond motifs is 3. The molecule has 1 saturated heterocycles. The van der Waals surface area contributed by atoms with Crippen LogP contribution in [0.3, 0.4) is 0 Å². The van der Waals surface area contributed by atoms with Gasteiger partial charge in [0.05, 0.1) is 12.6 Å². The van der Waals surface area contributed by atoms with Crippen molar-refractivity contribution in [2.45, 2.75) is 63.4 Å². The number of halogens is 3. The number of aliphatic hydroxyl groups is 1. The monoisotopic (exact) mass is 544 g/mol. The fraction of sp³-hybridized carbons (Fsp3) is 0.607. The molecule has 0 bridgehead atoms. The number of nitrogens with zero attached hydrogens (tertiary/aromatic N) is 5. The predicted molar refractivity (Wildman–Crippen MR) is 144 cm³/mol. The van der Waals surface area contributed by atoms with E-state index in [4.69, 9.17) is 4.98 Å². The zero-order chi connectivity index (χ0) is 27.1. The van der Waals surface area contributed by atoms with Gasteiger partial charge in [-0.3, -0.25) is 19.2 Å². The molecule has 11 heteroatoms.